The molecule has 3 aromatic carbocycles. The number of cyclic esters (lactones) is 1. The van der Waals surface area contributed by atoms with Crippen LogP contribution in [0.15, 0.2) is 77.3 Å². The minimum atomic E-state index is -0.588. The van der Waals surface area contributed by atoms with Crippen molar-refractivity contribution >= 4 is 28.9 Å². The fraction of sp³-hybridized carbons (Fsp3) is 0.250. The number of oxazole rings is 1. The maximum atomic E-state index is 14.0. The molecule has 0 bridgehead atoms. The molecule has 0 aliphatic carbocycles. The highest BCUT2D eigenvalue weighted by Crippen LogP contribution is 2.33. The van der Waals surface area contributed by atoms with Crippen LogP contribution >= 0.6 is 0 Å². The lowest BCUT2D eigenvalue weighted by atomic mass is 10.00. The average molecular weight is 634 g/mol. The Labute approximate surface area is 270 Å². The van der Waals surface area contributed by atoms with Crippen molar-refractivity contribution in [2.75, 3.05) is 18.0 Å². The van der Waals surface area contributed by atoms with E-state index in [-0.39, 0.29) is 31.0 Å². The molecule has 0 unspecified atom stereocenters. The summed E-state index contributed by atoms with van der Waals surface area (Å²) in [7, 11) is 0. The number of anilines is 1. The van der Waals surface area contributed by atoms with Crippen LogP contribution in [-0.4, -0.2) is 47.3 Å². The van der Waals surface area contributed by atoms with Gasteiger partial charge in [-0.2, -0.15) is 5.26 Å². The van der Waals surface area contributed by atoms with Crippen molar-refractivity contribution in [1.82, 2.24) is 15.3 Å². The zero-order valence-corrected chi connectivity index (χ0v) is 26.3. The summed E-state index contributed by atoms with van der Waals surface area (Å²) in [5.41, 5.74) is 4.95. The molecule has 2 amide bonds. The molecule has 6 rings (SSSR count). The molecule has 238 valence electrons. The van der Waals surface area contributed by atoms with Gasteiger partial charge in [0.25, 0.3) is 5.91 Å². The monoisotopic (exact) mass is 633 g/mol. The summed E-state index contributed by atoms with van der Waals surface area (Å²) in [6.45, 7) is 8.12. The minimum Gasteiger partial charge on any atom is -0.490 e. The predicted octanol–water partition coefficient (Wildman–Crippen LogP) is 7.23. The first-order chi connectivity index (χ1) is 22.6. The third-order valence-electron chi connectivity index (χ3n) is 7.67. The van der Waals surface area contributed by atoms with Gasteiger partial charge < -0.3 is 19.2 Å². The smallest absolute Gasteiger partial charge is 0.416 e. The molecule has 1 atom stereocenters. The van der Waals surface area contributed by atoms with Crippen LogP contribution < -0.4 is 15.0 Å². The Morgan fingerprint density at radius 1 is 1.09 bits per heavy atom. The Morgan fingerprint density at radius 2 is 1.85 bits per heavy atom. The van der Waals surface area contributed by atoms with E-state index in [1.54, 1.807) is 54.7 Å². The molecule has 5 aromatic rings. The number of nitriles is 1. The maximum Gasteiger partial charge on any atom is 0.416 e. The highest BCUT2D eigenvalue weighted by Gasteiger charge is 2.33. The van der Waals surface area contributed by atoms with Crippen LogP contribution in [0.4, 0.5) is 15.0 Å². The number of rotatable bonds is 9. The second kappa shape index (κ2) is 12.9. The number of ether oxygens (including phenoxy) is 2. The number of hydrogen-bond acceptors (Lipinski definition) is 8. The molecular formula is C36H32FN5O5. The number of nitrogens with zero attached hydrogens (tertiary/aromatic N) is 4. The van der Waals surface area contributed by atoms with Gasteiger partial charge in [-0.1, -0.05) is 13.8 Å². The third kappa shape index (κ3) is 6.63. The van der Waals surface area contributed by atoms with E-state index in [2.05, 4.69) is 21.4 Å². The normalized spacial score (nSPS) is 14.5. The highest BCUT2D eigenvalue weighted by molar-refractivity contribution is 5.95. The standard InChI is InChI=1S/C36H32FN5O5/c1-20(2)28-13-22(16-38)14-30-33(28)47-35(41-30)24-7-5-23(6-8-24)34(43)40-18-27-19-42(36(44)46-27)32-12-9-25(17-39-32)29-15-26(37)10-11-31(29)45-21(3)4/h5-15,17,20-21,27H,18-19H2,1-4H3,(H,40,43)/t27-/m1/s1. The van der Waals surface area contributed by atoms with E-state index in [0.717, 1.165) is 5.56 Å². The van der Waals surface area contributed by atoms with Gasteiger partial charge in [-0.25, -0.2) is 19.2 Å². The zero-order chi connectivity index (χ0) is 33.2. The quantitative estimate of drug-likeness (QED) is 0.180. The van der Waals surface area contributed by atoms with Gasteiger partial charge in [0.05, 0.1) is 30.8 Å². The number of hydrogen-bond donors (Lipinski definition) is 1. The van der Waals surface area contributed by atoms with Crippen LogP contribution in [0.25, 0.3) is 33.7 Å². The summed E-state index contributed by atoms with van der Waals surface area (Å²) in [5.74, 6) is 0.706. The first kappa shape index (κ1) is 31.2. The van der Waals surface area contributed by atoms with Crippen LogP contribution in [0.5, 0.6) is 5.75 Å². The van der Waals surface area contributed by atoms with Gasteiger partial charge in [-0.15, -0.1) is 0 Å². The number of pyridine rings is 1. The van der Waals surface area contributed by atoms with E-state index in [9.17, 15) is 19.2 Å². The van der Waals surface area contributed by atoms with Crippen molar-refractivity contribution in [2.45, 2.75) is 45.8 Å². The van der Waals surface area contributed by atoms with E-state index in [1.165, 1.54) is 17.0 Å². The fourth-order valence-electron chi connectivity index (χ4n) is 5.35. The highest BCUT2D eigenvalue weighted by atomic mass is 19.1. The third-order valence-corrected chi connectivity index (χ3v) is 7.67. The predicted molar refractivity (Wildman–Crippen MR) is 174 cm³/mol. The van der Waals surface area contributed by atoms with Crippen molar-refractivity contribution in [1.29, 1.82) is 5.26 Å². The molecule has 1 N–H and O–H groups in total. The van der Waals surface area contributed by atoms with Gasteiger partial charge in [0, 0.05) is 34.0 Å². The number of halogens is 1. The van der Waals surface area contributed by atoms with Crippen LogP contribution in [-0.2, 0) is 4.74 Å². The van der Waals surface area contributed by atoms with Crippen molar-refractivity contribution in [3.63, 3.8) is 0 Å². The molecule has 1 saturated heterocycles. The van der Waals surface area contributed by atoms with Gasteiger partial charge in [0.15, 0.2) is 5.58 Å². The Bertz CT molecular complexity index is 2000. The van der Waals surface area contributed by atoms with Gasteiger partial charge >= 0.3 is 6.09 Å². The van der Waals surface area contributed by atoms with E-state index in [4.69, 9.17) is 13.9 Å². The van der Waals surface area contributed by atoms with Crippen molar-refractivity contribution < 1.29 is 27.9 Å². The summed E-state index contributed by atoms with van der Waals surface area (Å²) in [5, 5.41) is 12.2. The van der Waals surface area contributed by atoms with E-state index >= 15 is 0 Å². The van der Waals surface area contributed by atoms with Crippen LogP contribution in [0.1, 0.15) is 55.1 Å². The van der Waals surface area contributed by atoms with Crippen molar-refractivity contribution in [2.24, 2.45) is 0 Å². The van der Waals surface area contributed by atoms with Crippen LogP contribution in [0.2, 0.25) is 0 Å². The van der Waals surface area contributed by atoms with Gasteiger partial charge in [0.1, 0.15) is 29.0 Å². The molecule has 2 aromatic heterocycles. The lowest BCUT2D eigenvalue weighted by Gasteiger charge is -2.16. The first-order valence-electron chi connectivity index (χ1n) is 15.2. The molecule has 1 aliphatic rings. The van der Waals surface area contributed by atoms with Crippen LogP contribution in [0.3, 0.4) is 0 Å². The maximum absolute atomic E-state index is 14.0. The van der Waals surface area contributed by atoms with Crippen LogP contribution in [0, 0.1) is 17.1 Å². The summed E-state index contributed by atoms with van der Waals surface area (Å²) in [6, 6.07) is 20.2. The SMILES string of the molecule is CC(C)Oc1ccc(F)cc1-c1ccc(N2C[C@@H](CNC(=O)c3ccc(-c4nc5cc(C#N)cc(C(C)C)c5o4)cc3)OC2=O)nc1. The molecule has 3 heterocycles. The molecule has 47 heavy (non-hydrogen) atoms. The number of benzene rings is 3. The van der Waals surface area contributed by atoms with E-state index in [0.29, 0.717) is 56.4 Å². The minimum absolute atomic E-state index is 0.0961. The summed E-state index contributed by atoms with van der Waals surface area (Å²) >= 11 is 0. The second-order valence-corrected chi connectivity index (χ2v) is 11.8. The molecule has 0 radical (unpaired) electrons. The van der Waals surface area contributed by atoms with E-state index < -0.39 is 18.0 Å². The lowest BCUT2D eigenvalue weighted by Crippen LogP contribution is -2.34. The summed E-state index contributed by atoms with van der Waals surface area (Å²) in [4.78, 5) is 36.0. The van der Waals surface area contributed by atoms with Crippen molar-refractivity contribution in [3.05, 3.63) is 95.4 Å². The number of carbonyl (C=O) groups excluding carboxylic acids is 2. The van der Waals surface area contributed by atoms with Gasteiger partial charge in [-0.05, 0) is 86.5 Å². The topological polar surface area (TPSA) is 131 Å². The Hall–Kier alpha value is -5.76. The molecule has 11 heteroatoms. The Morgan fingerprint density at radius 3 is 2.53 bits per heavy atom. The van der Waals surface area contributed by atoms with Gasteiger partial charge in [-0.3, -0.25) is 9.69 Å². The number of aromatic nitrogens is 2. The molecule has 0 saturated carbocycles. The molecule has 1 aliphatic heterocycles. The lowest BCUT2D eigenvalue weighted by molar-refractivity contribution is 0.0916. The molecule has 0 spiro atoms. The fourth-order valence-corrected chi connectivity index (χ4v) is 5.35. The summed E-state index contributed by atoms with van der Waals surface area (Å²) < 4.78 is 31.4. The number of carbonyl (C=O) groups is 2. The number of fused-ring (bicyclic) bond motifs is 1. The van der Waals surface area contributed by atoms with Gasteiger partial charge in [0.2, 0.25) is 5.89 Å². The molecular weight excluding hydrogens is 601 g/mol. The van der Waals surface area contributed by atoms with Crippen molar-refractivity contribution in [3.8, 4) is 34.4 Å². The molecule has 10 nitrogen and oxygen atoms in total. The Kier molecular flexibility index (Phi) is 8.59. The van der Waals surface area contributed by atoms with E-state index in [1.807, 2.05) is 33.8 Å². The number of amides is 2. The average Bonchev–Trinajstić information content (AvgIpc) is 3.67. The molecule has 1 fully saturated rings. The zero-order valence-electron chi connectivity index (χ0n) is 26.3. The first-order valence-corrected chi connectivity index (χ1v) is 15.2. The summed E-state index contributed by atoms with van der Waals surface area (Å²) in [6.07, 6.45) is 0.289. The second-order valence-electron chi connectivity index (χ2n) is 11.8. The number of nitrogens with one attached hydrogen (secondary N) is 1. The Balaban J connectivity index is 1.08. The largest absolute Gasteiger partial charge is 0.490 e.